The molecule has 0 spiro atoms. The molecule has 2 aromatic heterocycles. The number of aliphatic hydroxyl groups is 1. The summed E-state index contributed by atoms with van der Waals surface area (Å²) >= 11 is 0. The standard InChI is InChI=1S/C30H24FN5O3/c1-17(36-30-26(29(32)33-16-34-30)27(35-36)21-10-3-2-7-19(21)14-37)28-25(18-8-6-9-20(31)13-18)23(15-38)22-11-4-5-12-24(22)39-28/h2-13,15-17,23,37H,14H2,1H3,(H2,32,33,34). The number of aldehydes is 1. The van der Waals surface area contributed by atoms with Crippen molar-refractivity contribution in [3.63, 3.8) is 0 Å². The first kappa shape index (κ1) is 24.4. The molecule has 0 fully saturated rings. The molecule has 0 aliphatic carbocycles. The van der Waals surface area contributed by atoms with Crippen LogP contribution in [0.1, 0.15) is 35.6 Å². The van der Waals surface area contributed by atoms with Gasteiger partial charge in [-0.1, -0.05) is 54.6 Å². The van der Waals surface area contributed by atoms with E-state index in [0.29, 0.717) is 56.1 Å². The third-order valence-electron chi connectivity index (χ3n) is 7.03. The third kappa shape index (κ3) is 4.04. The van der Waals surface area contributed by atoms with Gasteiger partial charge in [0.1, 0.15) is 47.5 Å². The van der Waals surface area contributed by atoms with E-state index in [1.807, 2.05) is 49.4 Å². The maximum atomic E-state index is 14.4. The number of anilines is 1. The predicted molar refractivity (Wildman–Crippen MR) is 145 cm³/mol. The van der Waals surface area contributed by atoms with Crippen molar-refractivity contribution in [1.29, 1.82) is 0 Å². The molecule has 0 radical (unpaired) electrons. The minimum atomic E-state index is -0.690. The number of ether oxygens (including phenoxy) is 1. The van der Waals surface area contributed by atoms with Gasteiger partial charge in [-0.05, 0) is 36.2 Å². The second-order valence-electron chi connectivity index (χ2n) is 9.28. The first-order valence-electron chi connectivity index (χ1n) is 12.4. The lowest BCUT2D eigenvalue weighted by Crippen LogP contribution is -2.23. The molecule has 2 unspecified atom stereocenters. The van der Waals surface area contributed by atoms with Crippen molar-refractivity contribution < 1.29 is 19.0 Å². The molecule has 5 aromatic rings. The number of hydrogen-bond donors (Lipinski definition) is 2. The van der Waals surface area contributed by atoms with Gasteiger partial charge in [-0.2, -0.15) is 5.10 Å². The van der Waals surface area contributed by atoms with Crippen LogP contribution in [0.2, 0.25) is 0 Å². The van der Waals surface area contributed by atoms with Gasteiger partial charge in [-0.15, -0.1) is 0 Å². The van der Waals surface area contributed by atoms with Crippen LogP contribution in [0.3, 0.4) is 0 Å². The number of hydrogen-bond acceptors (Lipinski definition) is 7. The summed E-state index contributed by atoms with van der Waals surface area (Å²) in [5.41, 5.74) is 10.4. The van der Waals surface area contributed by atoms with Crippen LogP contribution in [0.15, 0.2) is 84.9 Å². The molecule has 0 saturated heterocycles. The second kappa shape index (κ2) is 9.77. The van der Waals surface area contributed by atoms with Gasteiger partial charge in [-0.25, -0.2) is 19.0 Å². The second-order valence-corrected chi connectivity index (χ2v) is 9.28. The van der Waals surface area contributed by atoms with E-state index in [0.717, 1.165) is 6.29 Å². The van der Waals surface area contributed by atoms with Crippen molar-refractivity contribution in [3.05, 3.63) is 107 Å². The largest absolute Gasteiger partial charge is 0.459 e. The highest BCUT2D eigenvalue weighted by Gasteiger charge is 2.35. The number of fused-ring (bicyclic) bond motifs is 2. The van der Waals surface area contributed by atoms with Gasteiger partial charge >= 0.3 is 0 Å². The fourth-order valence-electron chi connectivity index (χ4n) is 5.20. The van der Waals surface area contributed by atoms with Crippen LogP contribution in [0.5, 0.6) is 5.75 Å². The molecule has 39 heavy (non-hydrogen) atoms. The predicted octanol–water partition coefficient (Wildman–Crippen LogP) is 5.05. The van der Waals surface area contributed by atoms with E-state index in [1.54, 1.807) is 22.9 Å². The summed E-state index contributed by atoms with van der Waals surface area (Å²) in [7, 11) is 0. The maximum Gasteiger partial charge on any atom is 0.164 e. The molecule has 0 saturated carbocycles. The molecule has 6 rings (SSSR count). The van der Waals surface area contributed by atoms with E-state index in [2.05, 4.69) is 9.97 Å². The number of allylic oxidation sites excluding steroid dienone is 2. The maximum absolute atomic E-state index is 14.4. The topological polar surface area (TPSA) is 116 Å². The highest BCUT2D eigenvalue weighted by Crippen LogP contribution is 2.46. The smallest absolute Gasteiger partial charge is 0.164 e. The van der Waals surface area contributed by atoms with Crippen LogP contribution in [-0.2, 0) is 11.4 Å². The van der Waals surface area contributed by atoms with Crippen molar-refractivity contribution in [2.24, 2.45) is 0 Å². The van der Waals surface area contributed by atoms with Gasteiger partial charge < -0.3 is 20.4 Å². The number of nitrogen functional groups attached to an aromatic ring is 1. The van der Waals surface area contributed by atoms with Gasteiger partial charge in [-0.3, -0.25) is 0 Å². The Bertz CT molecular complexity index is 1760. The summed E-state index contributed by atoms with van der Waals surface area (Å²) in [6.45, 7) is 1.68. The van der Waals surface area contributed by atoms with Gasteiger partial charge in [0.15, 0.2) is 5.65 Å². The molecular weight excluding hydrogens is 497 g/mol. The van der Waals surface area contributed by atoms with Crippen molar-refractivity contribution in [2.45, 2.75) is 25.5 Å². The third-order valence-corrected chi connectivity index (χ3v) is 7.03. The average Bonchev–Trinajstić information content (AvgIpc) is 3.36. The molecule has 3 heterocycles. The zero-order valence-corrected chi connectivity index (χ0v) is 21.0. The normalized spacial score (nSPS) is 15.6. The first-order valence-corrected chi connectivity index (χ1v) is 12.4. The molecular formula is C30H24FN5O3. The lowest BCUT2D eigenvalue weighted by Gasteiger charge is -2.31. The lowest BCUT2D eigenvalue weighted by molar-refractivity contribution is -0.108. The Morgan fingerprint density at radius 3 is 2.69 bits per heavy atom. The Kier molecular flexibility index (Phi) is 6.12. The molecule has 0 bridgehead atoms. The zero-order chi connectivity index (χ0) is 27.1. The number of nitrogens with zero attached hydrogens (tertiary/aromatic N) is 4. The number of aromatic nitrogens is 4. The number of carbonyl (C=O) groups excluding carboxylic acids is 1. The van der Waals surface area contributed by atoms with Crippen LogP contribution in [0.25, 0.3) is 27.9 Å². The summed E-state index contributed by atoms with van der Waals surface area (Å²) < 4.78 is 22.5. The molecule has 0 amide bonds. The molecule has 8 nitrogen and oxygen atoms in total. The zero-order valence-electron chi connectivity index (χ0n) is 21.0. The van der Waals surface area contributed by atoms with Crippen molar-refractivity contribution >= 4 is 28.7 Å². The summed E-state index contributed by atoms with van der Waals surface area (Å²) in [5.74, 6) is 0.0861. The summed E-state index contributed by atoms with van der Waals surface area (Å²) in [5, 5.41) is 15.4. The number of benzene rings is 3. The molecule has 1 aliphatic rings. The van der Waals surface area contributed by atoms with Gasteiger partial charge in [0.2, 0.25) is 0 Å². The molecule has 9 heteroatoms. The van der Waals surface area contributed by atoms with Crippen LogP contribution >= 0.6 is 0 Å². The Balaban J connectivity index is 1.61. The van der Waals surface area contributed by atoms with Crippen LogP contribution in [0, 0.1) is 5.82 Å². The molecule has 3 aromatic carbocycles. The van der Waals surface area contributed by atoms with E-state index >= 15 is 0 Å². The van der Waals surface area contributed by atoms with Crippen LogP contribution < -0.4 is 10.5 Å². The summed E-state index contributed by atoms with van der Waals surface area (Å²) in [4.78, 5) is 21.2. The highest BCUT2D eigenvalue weighted by molar-refractivity contribution is 5.99. The Hall–Kier alpha value is -4.89. The lowest BCUT2D eigenvalue weighted by atomic mass is 9.83. The van der Waals surface area contributed by atoms with Crippen molar-refractivity contribution in [1.82, 2.24) is 19.7 Å². The molecule has 194 valence electrons. The average molecular weight is 522 g/mol. The van der Waals surface area contributed by atoms with Gasteiger partial charge in [0, 0.05) is 16.7 Å². The van der Waals surface area contributed by atoms with Crippen LogP contribution in [0.4, 0.5) is 10.2 Å². The Morgan fingerprint density at radius 2 is 1.90 bits per heavy atom. The summed E-state index contributed by atoms with van der Waals surface area (Å²) in [6, 6.07) is 20.1. The molecule has 3 N–H and O–H groups in total. The quantitative estimate of drug-likeness (QED) is 0.300. The number of aliphatic hydroxyl groups excluding tert-OH is 1. The van der Waals surface area contributed by atoms with Crippen molar-refractivity contribution in [3.8, 4) is 17.0 Å². The fraction of sp³-hybridized carbons (Fsp3) is 0.133. The molecule has 1 aliphatic heterocycles. The number of rotatable bonds is 6. The number of carbonyl (C=O) groups is 1. The van der Waals surface area contributed by atoms with Crippen molar-refractivity contribution in [2.75, 3.05) is 5.73 Å². The van der Waals surface area contributed by atoms with E-state index < -0.39 is 17.8 Å². The van der Waals surface area contributed by atoms with E-state index in [-0.39, 0.29) is 12.4 Å². The minimum Gasteiger partial charge on any atom is -0.459 e. The Morgan fingerprint density at radius 1 is 1.10 bits per heavy atom. The Labute approximate surface area is 223 Å². The van der Waals surface area contributed by atoms with E-state index in [1.165, 1.54) is 18.5 Å². The SMILES string of the molecule is CC(C1=C(c2cccc(F)c2)C(C=O)c2ccccc2O1)n1nc(-c2ccccc2CO)c2c(N)ncnc21. The first-order chi connectivity index (χ1) is 19.0. The number of halogens is 1. The van der Waals surface area contributed by atoms with Gasteiger partial charge in [0.25, 0.3) is 0 Å². The fourth-order valence-corrected chi connectivity index (χ4v) is 5.20. The van der Waals surface area contributed by atoms with E-state index in [9.17, 15) is 14.3 Å². The van der Waals surface area contributed by atoms with Crippen LogP contribution in [-0.4, -0.2) is 31.1 Å². The van der Waals surface area contributed by atoms with Gasteiger partial charge in [0.05, 0.1) is 17.9 Å². The number of para-hydroxylation sites is 1. The molecule has 2 atom stereocenters. The summed E-state index contributed by atoms with van der Waals surface area (Å²) in [6.07, 6.45) is 2.20. The van der Waals surface area contributed by atoms with E-state index in [4.69, 9.17) is 15.6 Å². The number of nitrogens with two attached hydrogens (primary N) is 1. The highest BCUT2D eigenvalue weighted by atomic mass is 19.1. The minimum absolute atomic E-state index is 0.191. The monoisotopic (exact) mass is 521 g/mol.